The molecule has 0 aliphatic heterocycles. The highest BCUT2D eigenvalue weighted by molar-refractivity contribution is 5.99. The standard InChI is InChI=1S/C24H21F2N5O4/c1-13(32)11-31-12-14(5-8-19(31)34)20-22(24-28-9-10-35-24)30-23(27)21(29-20)18(33)7-6-15-16(25)3-2-4-17(15)26/h2-5,8-10,12-13,32H,6-7,11H2,1H3,(H2,27,30). The van der Waals surface area contributed by atoms with E-state index in [-0.39, 0.29) is 59.3 Å². The van der Waals surface area contributed by atoms with Gasteiger partial charge >= 0.3 is 0 Å². The van der Waals surface area contributed by atoms with Gasteiger partial charge in [-0.3, -0.25) is 9.59 Å². The predicted molar refractivity (Wildman–Crippen MR) is 122 cm³/mol. The number of nitrogens with zero attached hydrogens (tertiary/aromatic N) is 4. The molecule has 0 amide bonds. The Morgan fingerprint density at radius 2 is 1.91 bits per heavy atom. The van der Waals surface area contributed by atoms with Crippen LogP contribution in [0, 0.1) is 11.6 Å². The first-order chi connectivity index (χ1) is 16.7. The lowest BCUT2D eigenvalue weighted by atomic mass is 10.0. The Labute approximate surface area is 197 Å². The van der Waals surface area contributed by atoms with E-state index in [0.29, 0.717) is 5.56 Å². The number of rotatable bonds is 8. The van der Waals surface area contributed by atoms with Gasteiger partial charge in [0.1, 0.15) is 29.3 Å². The second-order valence-electron chi connectivity index (χ2n) is 7.87. The van der Waals surface area contributed by atoms with Crippen molar-refractivity contribution in [1.82, 2.24) is 19.5 Å². The van der Waals surface area contributed by atoms with Crippen LogP contribution >= 0.6 is 0 Å². The highest BCUT2D eigenvalue weighted by atomic mass is 19.1. The number of benzene rings is 1. The van der Waals surface area contributed by atoms with E-state index in [1.54, 1.807) is 0 Å². The summed E-state index contributed by atoms with van der Waals surface area (Å²) in [5.74, 6) is -2.21. The van der Waals surface area contributed by atoms with Crippen molar-refractivity contribution in [3.63, 3.8) is 0 Å². The highest BCUT2D eigenvalue weighted by Crippen LogP contribution is 2.30. The first-order valence-corrected chi connectivity index (χ1v) is 10.7. The molecule has 0 aliphatic rings. The van der Waals surface area contributed by atoms with Crippen molar-refractivity contribution in [3.05, 3.63) is 82.2 Å². The summed E-state index contributed by atoms with van der Waals surface area (Å²) in [6.45, 7) is 1.57. The summed E-state index contributed by atoms with van der Waals surface area (Å²) in [7, 11) is 0. The number of nitrogens with two attached hydrogens (primary N) is 1. The average Bonchev–Trinajstić information content (AvgIpc) is 3.34. The minimum absolute atomic E-state index is 0.0312. The molecule has 4 aromatic rings. The first kappa shape index (κ1) is 23.9. The normalized spacial score (nSPS) is 12.0. The van der Waals surface area contributed by atoms with Crippen LogP contribution in [0.15, 0.2) is 58.2 Å². The van der Waals surface area contributed by atoms with E-state index >= 15 is 0 Å². The molecule has 3 aromatic heterocycles. The van der Waals surface area contributed by atoms with Crippen LogP contribution in [-0.2, 0) is 13.0 Å². The molecule has 9 nitrogen and oxygen atoms in total. The maximum Gasteiger partial charge on any atom is 0.250 e. The van der Waals surface area contributed by atoms with Crippen LogP contribution in [0.1, 0.15) is 29.4 Å². The number of nitrogen functional groups attached to an aromatic ring is 1. The Balaban J connectivity index is 1.76. The first-order valence-electron chi connectivity index (χ1n) is 10.7. The number of aromatic nitrogens is 4. The van der Waals surface area contributed by atoms with Gasteiger partial charge in [-0.15, -0.1) is 0 Å². The monoisotopic (exact) mass is 481 g/mol. The van der Waals surface area contributed by atoms with E-state index in [1.165, 1.54) is 48.3 Å². The minimum Gasteiger partial charge on any atom is -0.443 e. The molecule has 4 rings (SSSR count). The molecular weight excluding hydrogens is 460 g/mol. The van der Waals surface area contributed by atoms with Gasteiger partial charge in [-0.2, -0.15) is 0 Å². The number of Topliss-reactive ketones (excluding diaryl/α,β-unsaturated/α-hetero) is 1. The molecule has 1 aromatic carbocycles. The lowest BCUT2D eigenvalue weighted by Gasteiger charge is -2.13. The van der Waals surface area contributed by atoms with Crippen molar-refractivity contribution in [3.8, 4) is 22.8 Å². The minimum atomic E-state index is -0.789. The van der Waals surface area contributed by atoms with Crippen molar-refractivity contribution in [1.29, 1.82) is 0 Å². The number of aliphatic hydroxyl groups excluding tert-OH is 1. The third-order valence-electron chi connectivity index (χ3n) is 5.20. The number of anilines is 1. The Morgan fingerprint density at radius 1 is 1.17 bits per heavy atom. The van der Waals surface area contributed by atoms with Gasteiger partial charge in [0.05, 0.1) is 18.8 Å². The molecule has 0 saturated carbocycles. The van der Waals surface area contributed by atoms with Gasteiger partial charge < -0.3 is 19.8 Å². The van der Waals surface area contributed by atoms with Crippen molar-refractivity contribution in [2.24, 2.45) is 0 Å². The van der Waals surface area contributed by atoms with E-state index in [1.807, 2.05) is 0 Å². The third-order valence-corrected chi connectivity index (χ3v) is 5.20. The zero-order chi connectivity index (χ0) is 25.1. The molecule has 35 heavy (non-hydrogen) atoms. The van der Waals surface area contributed by atoms with Gasteiger partial charge in [-0.05, 0) is 31.5 Å². The van der Waals surface area contributed by atoms with Gasteiger partial charge in [0.2, 0.25) is 5.89 Å². The summed E-state index contributed by atoms with van der Waals surface area (Å²) in [6.07, 6.45) is 2.93. The topological polar surface area (TPSA) is 137 Å². The molecule has 0 bridgehead atoms. The van der Waals surface area contributed by atoms with Crippen LogP contribution in [0.4, 0.5) is 14.6 Å². The predicted octanol–water partition coefficient (Wildman–Crippen LogP) is 3.02. The van der Waals surface area contributed by atoms with Crippen LogP contribution in [0.25, 0.3) is 22.8 Å². The molecule has 0 spiro atoms. The van der Waals surface area contributed by atoms with Crippen LogP contribution < -0.4 is 11.3 Å². The number of oxazole rings is 1. The summed E-state index contributed by atoms with van der Waals surface area (Å²) in [6, 6.07) is 6.24. The summed E-state index contributed by atoms with van der Waals surface area (Å²) < 4.78 is 34.6. The van der Waals surface area contributed by atoms with E-state index < -0.39 is 23.5 Å². The van der Waals surface area contributed by atoms with E-state index in [2.05, 4.69) is 15.0 Å². The van der Waals surface area contributed by atoms with Crippen molar-refractivity contribution < 1.29 is 23.1 Å². The molecule has 1 unspecified atom stereocenters. The number of hydrogen-bond acceptors (Lipinski definition) is 8. The van der Waals surface area contributed by atoms with Crippen LogP contribution in [0.5, 0.6) is 0 Å². The Hall–Kier alpha value is -4.25. The molecule has 3 heterocycles. The van der Waals surface area contributed by atoms with Crippen molar-refractivity contribution in [2.45, 2.75) is 32.4 Å². The smallest absolute Gasteiger partial charge is 0.250 e. The number of pyridine rings is 1. The average molecular weight is 481 g/mol. The lowest BCUT2D eigenvalue weighted by Crippen LogP contribution is -2.24. The number of carbonyl (C=O) groups is 1. The zero-order valence-corrected chi connectivity index (χ0v) is 18.6. The van der Waals surface area contributed by atoms with Crippen molar-refractivity contribution >= 4 is 11.6 Å². The molecule has 11 heteroatoms. The van der Waals surface area contributed by atoms with Crippen molar-refractivity contribution in [2.75, 3.05) is 5.73 Å². The molecule has 1 atom stereocenters. The number of halogens is 2. The van der Waals surface area contributed by atoms with Gasteiger partial charge in [0, 0.05) is 29.8 Å². The maximum absolute atomic E-state index is 14.0. The van der Waals surface area contributed by atoms with Gasteiger partial charge in [0.25, 0.3) is 5.56 Å². The van der Waals surface area contributed by atoms with Crippen LogP contribution in [-0.4, -0.2) is 36.5 Å². The maximum atomic E-state index is 14.0. The molecular formula is C24H21F2N5O4. The van der Waals surface area contributed by atoms with Gasteiger partial charge in [0.15, 0.2) is 17.3 Å². The molecule has 0 fully saturated rings. The Morgan fingerprint density at radius 3 is 2.57 bits per heavy atom. The molecule has 0 radical (unpaired) electrons. The zero-order valence-electron chi connectivity index (χ0n) is 18.6. The summed E-state index contributed by atoms with van der Waals surface area (Å²) >= 11 is 0. The van der Waals surface area contributed by atoms with Crippen LogP contribution in [0.3, 0.4) is 0 Å². The van der Waals surface area contributed by atoms with Gasteiger partial charge in [-0.25, -0.2) is 23.7 Å². The van der Waals surface area contributed by atoms with Gasteiger partial charge in [-0.1, -0.05) is 6.07 Å². The summed E-state index contributed by atoms with van der Waals surface area (Å²) in [5, 5.41) is 9.71. The van der Waals surface area contributed by atoms with E-state index in [0.717, 1.165) is 12.1 Å². The number of carbonyl (C=O) groups excluding carboxylic acids is 1. The quantitative estimate of drug-likeness (QED) is 0.367. The molecule has 3 N–H and O–H groups in total. The van der Waals surface area contributed by atoms with Crippen LogP contribution in [0.2, 0.25) is 0 Å². The third kappa shape index (κ3) is 5.14. The fourth-order valence-electron chi connectivity index (χ4n) is 3.57. The molecule has 0 saturated heterocycles. The molecule has 180 valence electrons. The summed E-state index contributed by atoms with van der Waals surface area (Å²) in [5.41, 5.74) is 5.94. The number of hydrogen-bond donors (Lipinski definition) is 2. The second-order valence-corrected chi connectivity index (χ2v) is 7.87. The fourth-order valence-corrected chi connectivity index (χ4v) is 3.57. The van der Waals surface area contributed by atoms with E-state index in [9.17, 15) is 23.5 Å². The number of ketones is 1. The molecule has 0 aliphatic carbocycles. The largest absolute Gasteiger partial charge is 0.443 e. The highest BCUT2D eigenvalue weighted by Gasteiger charge is 2.23. The summed E-state index contributed by atoms with van der Waals surface area (Å²) in [4.78, 5) is 37.9. The Kier molecular flexibility index (Phi) is 6.78. The lowest BCUT2D eigenvalue weighted by molar-refractivity contribution is 0.0978. The number of aliphatic hydroxyl groups is 1. The Bertz CT molecular complexity index is 1410. The second kappa shape index (κ2) is 9.94. The fraction of sp³-hybridized carbons (Fsp3) is 0.208. The van der Waals surface area contributed by atoms with E-state index in [4.69, 9.17) is 10.2 Å². The SMILES string of the molecule is CC(O)Cn1cc(-c2nc(C(=O)CCc3c(F)cccc3F)c(N)nc2-c2ncco2)ccc1=O.